The molecule has 3 aromatic rings. The highest BCUT2D eigenvalue weighted by atomic mass is 32.2. The number of sulfonamides is 1. The van der Waals surface area contributed by atoms with Gasteiger partial charge in [-0.3, -0.25) is 13.9 Å². The Balaban J connectivity index is 2.05. The third-order valence-corrected chi connectivity index (χ3v) is 8.13. The molecule has 8 nitrogen and oxygen atoms in total. The lowest BCUT2D eigenvalue weighted by Gasteiger charge is -2.32. The molecule has 0 aliphatic carbocycles. The van der Waals surface area contributed by atoms with Crippen LogP contribution in [0, 0.1) is 13.8 Å². The summed E-state index contributed by atoms with van der Waals surface area (Å²) in [5.41, 5.74) is 2.76. The summed E-state index contributed by atoms with van der Waals surface area (Å²) in [6, 6.07) is 19.8. The molecule has 0 aliphatic rings. The van der Waals surface area contributed by atoms with E-state index in [9.17, 15) is 18.0 Å². The first-order valence-corrected chi connectivity index (χ1v) is 14.3. The lowest BCUT2D eigenvalue weighted by atomic mass is 10.1. The Hall–Kier alpha value is -3.85. The Bertz CT molecular complexity index is 1400. The summed E-state index contributed by atoms with van der Waals surface area (Å²) in [7, 11) is -2.55. The Morgan fingerprint density at radius 2 is 1.59 bits per heavy atom. The van der Waals surface area contributed by atoms with E-state index in [4.69, 9.17) is 4.74 Å². The molecule has 0 aliphatic heterocycles. The number of hydrogen-bond donors (Lipinski definition) is 1. The molecule has 2 amide bonds. The molecule has 9 heteroatoms. The van der Waals surface area contributed by atoms with Gasteiger partial charge in [-0.25, -0.2) is 8.42 Å². The van der Waals surface area contributed by atoms with Gasteiger partial charge in [0.15, 0.2) is 0 Å². The highest BCUT2D eigenvalue weighted by Crippen LogP contribution is 2.27. The number of anilines is 1. The van der Waals surface area contributed by atoms with E-state index in [1.54, 1.807) is 69.5 Å². The Labute approximate surface area is 231 Å². The minimum atomic E-state index is -4.11. The largest absolute Gasteiger partial charge is 0.497 e. The van der Waals surface area contributed by atoms with Gasteiger partial charge >= 0.3 is 0 Å². The lowest BCUT2D eigenvalue weighted by Crippen LogP contribution is -2.52. The van der Waals surface area contributed by atoms with Crippen LogP contribution in [0.2, 0.25) is 0 Å². The van der Waals surface area contributed by atoms with E-state index in [-0.39, 0.29) is 23.4 Å². The molecule has 0 radical (unpaired) electrons. The van der Waals surface area contributed by atoms with Gasteiger partial charge in [0.2, 0.25) is 11.8 Å². The van der Waals surface area contributed by atoms with E-state index in [1.807, 2.05) is 32.9 Å². The number of methoxy groups -OCH3 is 1. The van der Waals surface area contributed by atoms with Crippen molar-refractivity contribution < 1.29 is 22.7 Å². The van der Waals surface area contributed by atoms with Crippen molar-refractivity contribution in [2.45, 2.75) is 58.1 Å². The predicted molar refractivity (Wildman–Crippen MR) is 153 cm³/mol. The van der Waals surface area contributed by atoms with Gasteiger partial charge < -0.3 is 15.0 Å². The number of ether oxygens (including phenoxy) is 1. The molecule has 0 heterocycles. The first-order valence-electron chi connectivity index (χ1n) is 12.8. The van der Waals surface area contributed by atoms with Crippen molar-refractivity contribution in [2.75, 3.05) is 18.0 Å². The van der Waals surface area contributed by atoms with Crippen molar-refractivity contribution in [3.05, 3.63) is 89.5 Å². The normalized spacial score (nSPS) is 12.1. The minimum absolute atomic E-state index is 0.0779. The maximum absolute atomic E-state index is 14.0. The third-order valence-electron chi connectivity index (χ3n) is 6.36. The third kappa shape index (κ3) is 7.38. The number of hydrogen-bond acceptors (Lipinski definition) is 5. The summed E-state index contributed by atoms with van der Waals surface area (Å²) in [5.74, 6) is -0.226. The molecule has 0 unspecified atom stereocenters. The maximum Gasteiger partial charge on any atom is 0.264 e. The minimum Gasteiger partial charge on any atom is -0.497 e. The van der Waals surface area contributed by atoms with Gasteiger partial charge in [0.1, 0.15) is 18.3 Å². The maximum atomic E-state index is 14.0. The smallest absolute Gasteiger partial charge is 0.264 e. The van der Waals surface area contributed by atoms with Crippen LogP contribution in [-0.4, -0.2) is 50.9 Å². The molecule has 3 aromatic carbocycles. The zero-order chi connectivity index (χ0) is 28.7. The van der Waals surface area contributed by atoms with E-state index in [0.717, 1.165) is 15.4 Å². The van der Waals surface area contributed by atoms with Crippen LogP contribution in [0.15, 0.2) is 77.7 Å². The summed E-state index contributed by atoms with van der Waals surface area (Å²) in [6.45, 7) is 8.60. The Kier molecular flexibility index (Phi) is 9.75. The van der Waals surface area contributed by atoms with Crippen LogP contribution in [0.3, 0.4) is 0 Å². The van der Waals surface area contributed by atoms with Crippen molar-refractivity contribution >= 4 is 27.5 Å². The van der Waals surface area contributed by atoms with Crippen LogP contribution in [0.1, 0.15) is 37.5 Å². The zero-order valence-corrected chi connectivity index (χ0v) is 24.2. The topological polar surface area (TPSA) is 96.0 Å². The van der Waals surface area contributed by atoms with Crippen LogP contribution >= 0.6 is 0 Å². The fourth-order valence-electron chi connectivity index (χ4n) is 4.15. The quantitative estimate of drug-likeness (QED) is 0.380. The first kappa shape index (κ1) is 29.7. The molecule has 0 saturated carbocycles. The highest BCUT2D eigenvalue weighted by Gasteiger charge is 2.33. The molecular formula is C30H37N3O5S. The Morgan fingerprint density at radius 1 is 0.923 bits per heavy atom. The summed E-state index contributed by atoms with van der Waals surface area (Å²) in [5, 5.41) is 2.85. The molecule has 1 atom stereocenters. The van der Waals surface area contributed by atoms with Gasteiger partial charge in [-0.2, -0.15) is 0 Å². The average molecular weight is 552 g/mol. The lowest BCUT2D eigenvalue weighted by molar-refractivity contribution is -0.139. The van der Waals surface area contributed by atoms with Gasteiger partial charge in [-0.15, -0.1) is 0 Å². The van der Waals surface area contributed by atoms with Gasteiger partial charge in [0.25, 0.3) is 10.0 Å². The molecular weight excluding hydrogens is 514 g/mol. The Morgan fingerprint density at radius 3 is 2.21 bits per heavy atom. The second-order valence-electron chi connectivity index (χ2n) is 9.82. The van der Waals surface area contributed by atoms with Gasteiger partial charge in [0, 0.05) is 12.6 Å². The van der Waals surface area contributed by atoms with Crippen molar-refractivity contribution in [3.8, 4) is 5.75 Å². The molecule has 1 N–H and O–H groups in total. The van der Waals surface area contributed by atoms with E-state index < -0.39 is 28.5 Å². The van der Waals surface area contributed by atoms with E-state index in [2.05, 4.69) is 5.32 Å². The molecule has 3 rings (SSSR count). The second-order valence-corrected chi connectivity index (χ2v) is 11.7. The standard InChI is InChI=1S/C30H37N3O5S/c1-21(2)31-30(35)24(5)32(19-25-11-9-12-26(18-25)38-6)29(34)20-33(28-13-8-7-10-23(28)4)39(36,37)27-16-14-22(3)15-17-27/h7-18,21,24H,19-20H2,1-6H3,(H,31,35)/t24-/m0/s1. The predicted octanol–water partition coefficient (Wildman–Crippen LogP) is 4.45. The van der Waals surface area contributed by atoms with Crippen molar-refractivity contribution in [2.24, 2.45) is 0 Å². The number of carbonyl (C=O) groups is 2. The molecule has 0 fully saturated rings. The average Bonchev–Trinajstić information content (AvgIpc) is 2.90. The van der Waals surface area contributed by atoms with Crippen molar-refractivity contribution in [3.63, 3.8) is 0 Å². The second kappa shape index (κ2) is 12.8. The number of rotatable bonds is 11. The van der Waals surface area contributed by atoms with E-state index >= 15 is 0 Å². The van der Waals surface area contributed by atoms with E-state index in [1.165, 1.54) is 17.0 Å². The van der Waals surface area contributed by atoms with Crippen molar-refractivity contribution in [1.82, 2.24) is 10.2 Å². The van der Waals surface area contributed by atoms with Crippen LogP contribution in [0.5, 0.6) is 5.75 Å². The van der Waals surface area contributed by atoms with Crippen molar-refractivity contribution in [1.29, 1.82) is 0 Å². The zero-order valence-electron chi connectivity index (χ0n) is 23.3. The summed E-state index contributed by atoms with van der Waals surface area (Å²) >= 11 is 0. The van der Waals surface area contributed by atoms with Crippen LogP contribution < -0.4 is 14.4 Å². The number of benzene rings is 3. The molecule has 0 bridgehead atoms. The van der Waals surface area contributed by atoms with Gasteiger partial charge in [-0.05, 0) is 76.1 Å². The molecule has 0 aromatic heterocycles. The summed E-state index contributed by atoms with van der Waals surface area (Å²) < 4.78 is 34.3. The van der Waals surface area contributed by atoms with Crippen LogP contribution in [0.25, 0.3) is 0 Å². The number of nitrogens with one attached hydrogen (secondary N) is 1. The number of nitrogens with zero attached hydrogens (tertiary/aromatic N) is 2. The first-order chi connectivity index (χ1) is 18.4. The van der Waals surface area contributed by atoms with E-state index in [0.29, 0.717) is 17.0 Å². The highest BCUT2D eigenvalue weighted by molar-refractivity contribution is 7.92. The number of para-hydroxylation sites is 1. The molecule has 0 spiro atoms. The van der Waals surface area contributed by atoms with Crippen LogP contribution in [0.4, 0.5) is 5.69 Å². The van der Waals surface area contributed by atoms with Gasteiger partial charge in [-0.1, -0.05) is 48.0 Å². The molecule has 0 saturated heterocycles. The number of amides is 2. The fourth-order valence-corrected chi connectivity index (χ4v) is 5.63. The summed E-state index contributed by atoms with van der Waals surface area (Å²) in [4.78, 5) is 28.5. The molecule has 208 valence electrons. The number of aryl methyl sites for hydroxylation is 2. The monoisotopic (exact) mass is 551 g/mol. The van der Waals surface area contributed by atoms with Crippen LogP contribution in [-0.2, 0) is 26.2 Å². The fraction of sp³-hybridized carbons (Fsp3) is 0.333. The number of carbonyl (C=O) groups excluding carboxylic acids is 2. The summed E-state index contributed by atoms with van der Waals surface area (Å²) in [6.07, 6.45) is 0. The molecule has 39 heavy (non-hydrogen) atoms. The van der Waals surface area contributed by atoms with Gasteiger partial charge in [0.05, 0.1) is 17.7 Å². The SMILES string of the molecule is COc1cccc(CN(C(=O)CN(c2ccccc2C)S(=O)(=O)c2ccc(C)cc2)[C@@H](C)C(=O)NC(C)C)c1.